The van der Waals surface area contributed by atoms with Gasteiger partial charge in [-0.3, -0.25) is 10.1 Å². The van der Waals surface area contributed by atoms with E-state index in [9.17, 15) is 10.1 Å². The quantitative estimate of drug-likeness (QED) is 0.479. The van der Waals surface area contributed by atoms with Crippen molar-refractivity contribution in [2.45, 2.75) is 5.88 Å². The number of aromatic nitrogens is 1. The smallest absolute Gasteiger partial charge is 0.273 e. The Morgan fingerprint density at radius 3 is 2.80 bits per heavy atom. The number of methoxy groups -OCH3 is 1. The van der Waals surface area contributed by atoms with E-state index in [2.05, 4.69) is 4.98 Å². The number of ether oxygens (including phenoxy) is 2. The number of nitro benzene ring substituents is 1. The number of alkyl halides is 1. The normalized spacial score (nSPS) is 10.1. The summed E-state index contributed by atoms with van der Waals surface area (Å²) in [6, 6.07) is 7.59. The van der Waals surface area contributed by atoms with Gasteiger partial charge in [-0.2, -0.15) is 0 Å². The number of non-ortho nitro benzene ring substituents is 1. The van der Waals surface area contributed by atoms with Gasteiger partial charge in [0, 0.05) is 17.8 Å². The van der Waals surface area contributed by atoms with Gasteiger partial charge in [-0.25, -0.2) is 4.98 Å². The lowest BCUT2D eigenvalue weighted by Crippen LogP contribution is -1.96. The first kappa shape index (κ1) is 14.1. The van der Waals surface area contributed by atoms with Crippen LogP contribution in [0.3, 0.4) is 0 Å². The van der Waals surface area contributed by atoms with Crippen LogP contribution >= 0.6 is 11.6 Å². The average Bonchev–Trinajstić information content (AvgIpc) is 2.47. The molecule has 1 aromatic heterocycles. The molecule has 6 nitrogen and oxygen atoms in total. The third kappa shape index (κ3) is 2.97. The monoisotopic (exact) mass is 294 g/mol. The minimum atomic E-state index is -0.507. The van der Waals surface area contributed by atoms with Crippen molar-refractivity contribution < 1.29 is 14.4 Å². The van der Waals surface area contributed by atoms with Gasteiger partial charge in [0.05, 0.1) is 24.0 Å². The molecule has 2 aromatic rings. The van der Waals surface area contributed by atoms with Gasteiger partial charge in [0.2, 0.25) is 5.88 Å². The summed E-state index contributed by atoms with van der Waals surface area (Å²) >= 11 is 5.79. The Labute approximate surface area is 120 Å². The number of nitro groups is 1. The molecule has 0 saturated carbocycles. The molecule has 1 aromatic carbocycles. The van der Waals surface area contributed by atoms with Gasteiger partial charge in [-0.1, -0.05) is 6.07 Å². The number of rotatable bonds is 5. The van der Waals surface area contributed by atoms with Crippen molar-refractivity contribution in [3.8, 4) is 17.4 Å². The highest BCUT2D eigenvalue weighted by molar-refractivity contribution is 6.17. The highest BCUT2D eigenvalue weighted by atomic mass is 35.5. The van der Waals surface area contributed by atoms with Crippen LogP contribution < -0.4 is 9.47 Å². The highest BCUT2D eigenvalue weighted by Crippen LogP contribution is 2.35. The Bertz CT molecular complexity index is 634. The van der Waals surface area contributed by atoms with Gasteiger partial charge >= 0.3 is 0 Å². The molecule has 0 saturated heterocycles. The van der Waals surface area contributed by atoms with E-state index >= 15 is 0 Å². The molecule has 0 radical (unpaired) electrons. The number of benzene rings is 1. The molecule has 0 N–H and O–H groups in total. The molecular weight excluding hydrogens is 284 g/mol. The summed E-state index contributed by atoms with van der Waals surface area (Å²) in [5.41, 5.74) is 0.590. The maximum atomic E-state index is 10.8. The zero-order valence-corrected chi connectivity index (χ0v) is 11.3. The number of halogens is 1. The molecule has 20 heavy (non-hydrogen) atoms. The summed E-state index contributed by atoms with van der Waals surface area (Å²) in [7, 11) is 1.45. The molecule has 0 spiro atoms. The van der Waals surface area contributed by atoms with Crippen LogP contribution in [-0.2, 0) is 5.88 Å². The molecule has 7 heteroatoms. The molecule has 2 rings (SSSR count). The van der Waals surface area contributed by atoms with Crippen molar-refractivity contribution in [2.24, 2.45) is 0 Å². The van der Waals surface area contributed by atoms with Crippen LogP contribution in [0.2, 0.25) is 0 Å². The van der Waals surface area contributed by atoms with Crippen molar-refractivity contribution in [1.82, 2.24) is 4.98 Å². The van der Waals surface area contributed by atoms with Crippen molar-refractivity contribution in [1.29, 1.82) is 0 Å². The van der Waals surface area contributed by atoms with Crippen LogP contribution in [0.25, 0.3) is 0 Å². The fraction of sp³-hybridized carbons (Fsp3) is 0.154. The standard InChI is InChI=1S/C13H11ClN2O4/c1-19-11-5-4-10(16(17)18)7-12(11)20-13-9(8-14)3-2-6-15-13/h2-7H,8H2,1H3. The molecule has 0 fully saturated rings. The van der Waals surface area contributed by atoms with Crippen LogP contribution in [0.4, 0.5) is 5.69 Å². The first-order valence-corrected chi connectivity index (χ1v) is 6.19. The van der Waals surface area contributed by atoms with E-state index < -0.39 is 4.92 Å². The first-order chi connectivity index (χ1) is 9.65. The van der Waals surface area contributed by atoms with Crippen molar-refractivity contribution in [3.63, 3.8) is 0 Å². The van der Waals surface area contributed by atoms with Crippen molar-refractivity contribution >= 4 is 17.3 Å². The molecule has 0 bridgehead atoms. The third-order valence-electron chi connectivity index (χ3n) is 2.56. The third-order valence-corrected chi connectivity index (χ3v) is 2.85. The van der Waals surface area contributed by atoms with E-state index in [0.29, 0.717) is 17.2 Å². The minimum absolute atomic E-state index is 0.0934. The Balaban J connectivity index is 2.41. The molecule has 0 atom stereocenters. The first-order valence-electron chi connectivity index (χ1n) is 5.66. The Morgan fingerprint density at radius 1 is 1.35 bits per heavy atom. The molecule has 0 unspecified atom stereocenters. The van der Waals surface area contributed by atoms with Gasteiger partial charge in [-0.15, -0.1) is 11.6 Å². The fourth-order valence-electron chi connectivity index (χ4n) is 1.58. The van der Waals surface area contributed by atoms with Crippen LogP contribution in [0.1, 0.15) is 5.56 Å². The summed E-state index contributed by atoms with van der Waals surface area (Å²) in [5, 5.41) is 10.8. The largest absolute Gasteiger partial charge is 0.493 e. The minimum Gasteiger partial charge on any atom is -0.493 e. The number of hydrogen-bond donors (Lipinski definition) is 0. The number of hydrogen-bond acceptors (Lipinski definition) is 5. The lowest BCUT2D eigenvalue weighted by atomic mass is 10.2. The van der Waals surface area contributed by atoms with Gasteiger partial charge in [0.1, 0.15) is 0 Å². The lowest BCUT2D eigenvalue weighted by Gasteiger charge is -2.11. The lowest BCUT2D eigenvalue weighted by molar-refractivity contribution is -0.384. The second kappa shape index (κ2) is 6.21. The van der Waals surface area contributed by atoms with E-state index in [1.807, 2.05) is 0 Å². The van der Waals surface area contributed by atoms with Crippen LogP contribution in [0.5, 0.6) is 17.4 Å². The van der Waals surface area contributed by atoms with Crippen molar-refractivity contribution in [2.75, 3.05) is 7.11 Å². The van der Waals surface area contributed by atoms with Crippen LogP contribution in [0, 0.1) is 10.1 Å². The predicted molar refractivity (Wildman–Crippen MR) is 73.5 cm³/mol. The molecule has 0 aliphatic heterocycles. The summed E-state index contributed by atoms with van der Waals surface area (Å²) in [6.07, 6.45) is 1.55. The molecule has 104 valence electrons. The van der Waals surface area contributed by atoms with Crippen LogP contribution in [-0.4, -0.2) is 17.0 Å². The zero-order valence-electron chi connectivity index (χ0n) is 10.6. The number of pyridine rings is 1. The topological polar surface area (TPSA) is 74.5 Å². The maximum absolute atomic E-state index is 10.8. The maximum Gasteiger partial charge on any atom is 0.273 e. The molecule has 0 aliphatic rings. The summed E-state index contributed by atoms with van der Waals surface area (Å²) in [5.74, 6) is 1.11. The average molecular weight is 295 g/mol. The summed E-state index contributed by atoms with van der Waals surface area (Å²) in [6.45, 7) is 0. The van der Waals surface area contributed by atoms with Gasteiger partial charge in [0.15, 0.2) is 11.5 Å². The molecule has 0 amide bonds. The summed E-state index contributed by atoms with van der Waals surface area (Å²) < 4.78 is 10.7. The Hall–Kier alpha value is -2.34. The molecule has 0 aliphatic carbocycles. The van der Waals surface area contributed by atoms with E-state index in [1.165, 1.54) is 25.3 Å². The zero-order chi connectivity index (χ0) is 14.5. The van der Waals surface area contributed by atoms with E-state index in [0.717, 1.165) is 0 Å². The van der Waals surface area contributed by atoms with E-state index in [-0.39, 0.29) is 17.3 Å². The van der Waals surface area contributed by atoms with Gasteiger partial charge in [0.25, 0.3) is 5.69 Å². The molecular formula is C13H11ClN2O4. The highest BCUT2D eigenvalue weighted by Gasteiger charge is 2.15. The fourth-order valence-corrected chi connectivity index (χ4v) is 1.78. The summed E-state index contributed by atoms with van der Waals surface area (Å²) in [4.78, 5) is 14.4. The SMILES string of the molecule is COc1ccc([N+](=O)[O-])cc1Oc1ncccc1CCl. The van der Waals surface area contributed by atoms with Crippen molar-refractivity contribution in [3.05, 3.63) is 52.2 Å². The van der Waals surface area contributed by atoms with E-state index in [1.54, 1.807) is 18.3 Å². The second-order valence-electron chi connectivity index (χ2n) is 3.80. The number of nitrogens with zero attached hydrogens (tertiary/aromatic N) is 2. The molecule has 1 heterocycles. The second-order valence-corrected chi connectivity index (χ2v) is 4.06. The van der Waals surface area contributed by atoms with Crippen LogP contribution in [0.15, 0.2) is 36.5 Å². The van der Waals surface area contributed by atoms with Gasteiger partial charge < -0.3 is 9.47 Å². The van der Waals surface area contributed by atoms with Gasteiger partial charge in [-0.05, 0) is 12.1 Å². The van der Waals surface area contributed by atoms with E-state index in [4.69, 9.17) is 21.1 Å². The predicted octanol–water partition coefficient (Wildman–Crippen LogP) is 3.53. The Morgan fingerprint density at radius 2 is 2.15 bits per heavy atom. The Kier molecular flexibility index (Phi) is 4.37.